The third-order valence-electron chi connectivity index (χ3n) is 2.82. The minimum atomic E-state index is -0.482. The molecule has 0 fully saturated rings. The number of amides is 1. The molecule has 2 aromatic rings. The number of benzene rings is 1. The molecule has 0 unspecified atom stereocenters. The highest BCUT2D eigenvalue weighted by Crippen LogP contribution is 2.23. The Bertz CT molecular complexity index is 581. The summed E-state index contributed by atoms with van der Waals surface area (Å²) in [6.07, 6.45) is 1.53. The van der Waals surface area contributed by atoms with Crippen LogP contribution in [-0.4, -0.2) is 16.7 Å². The lowest BCUT2D eigenvalue weighted by Crippen LogP contribution is -2.33. The third kappa shape index (κ3) is 3.28. The second-order valence-corrected chi connectivity index (χ2v) is 5.66. The van der Waals surface area contributed by atoms with Gasteiger partial charge in [0.2, 0.25) is 0 Å². The van der Waals surface area contributed by atoms with E-state index in [-0.39, 0.29) is 6.04 Å². The number of H-pyrrole nitrogens is 1. The molecule has 2 N–H and O–H groups in total. The van der Waals surface area contributed by atoms with Gasteiger partial charge in [0, 0.05) is 17.1 Å². The summed E-state index contributed by atoms with van der Waals surface area (Å²) >= 11 is 0. The van der Waals surface area contributed by atoms with Crippen LogP contribution in [0.2, 0.25) is 0 Å². The van der Waals surface area contributed by atoms with E-state index < -0.39 is 11.7 Å². The number of hydrogen-bond donors (Lipinski definition) is 2. The van der Waals surface area contributed by atoms with Crippen LogP contribution in [0.15, 0.2) is 30.5 Å². The van der Waals surface area contributed by atoms with E-state index in [9.17, 15) is 4.79 Å². The normalized spacial score (nSPS) is 13.3. The monoisotopic (exact) mass is 260 g/mol. The Morgan fingerprint density at radius 2 is 2.00 bits per heavy atom. The van der Waals surface area contributed by atoms with Gasteiger partial charge in [-0.2, -0.15) is 0 Å². The Balaban J connectivity index is 2.12. The van der Waals surface area contributed by atoms with Crippen molar-refractivity contribution in [3.63, 3.8) is 0 Å². The van der Waals surface area contributed by atoms with Gasteiger partial charge in [-0.25, -0.2) is 4.79 Å². The zero-order valence-corrected chi connectivity index (χ0v) is 11.8. The Labute approximate surface area is 113 Å². The molecule has 4 nitrogen and oxygen atoms in total. The number of aromatic amines is 1. The number of para-hydroxylation sites is 1. The molecule has 0 spiro atoms. The molecule has 1 heterocycles. The molecule has 102 valence electrons. The van der Waals surface area contributed by atoms with E-state index in [2.05, 4.69) is 10.3 Å². The van der Waals surface area contributed by atoms with Crippen LogP contribution in [0, 0.1) is 0 Å². The molecule has 0 aliphatic rings. The maximum absolute atomic E-state index is 11.8. The standard InChI is InChI=1S/C15H20N2O2/c1-10(17-14(18)19-15(2,3)4)12-9-16-13-8-6-5-7-11(12)13/h5-10,16H,1-4H3,(H,17,18)/t10-/m1/s1. The summed E-state index contributed by atoms with van der Waals surface area (Å²) in [5.41, 5.74) is 1.64. The Hall–Kier alpha value is -1.97. The molecule has 0 aliphatic carbocycles. The highest BCUT2D eigenvalue weighted by Gasteiger charge is 2.19. The average Bonchev–Trinajstić information content (AvgIpc) is 2.69. The number of alkyl carbamates (subject to hydrolysis) is 1. The summed E-state index contributed by atoms with van der Waals surface area (Å²) in [5, 5.41) is 3.97. The lowest BCUT2D eigenvalue weighted by molar-refractivity contribution is 0.0508. The summed E-state index contributed by atoms with van der Waals surface area (Å²) in [7, 11) is 0. The fraction of sp³-hybridized carbons (Fsp3) is 0.400. The molecule has 0 saturated carbocycles. The van der Waals surface area contributed by atoms with Gasteiger partial charge >= 0.3 is 6.09 Å². The maximum atomic E-state index is 11.8. The molecule has 0 bridgehead atoms. The molecular formula is C15H20N2O2. The summed E-state index contributed by atoms with van der Waals surface area (Å²) in [6, 6.07) is 7.91. The van der Waals surface area contributed by atoms with Crippen molar-refractivity contribution in [2.75, 3.05) is 0 Å². The molecule has 4 heteroatoms. The van der Waals surface area contributed by atoms with E-state index >= 15 is 0 Å². The number of ether oxygens (including phenoxy) is 1. The van der Waals surface area contributed by atoms with Crippen LogP contribution in [0.3, 0.4) is 0 Å². The molecule has 1 aromatic carbocycles. The van der Waals surface area contributed by atoms with Crippen LogP contribution in [0.25, 0.3) is 10.9 Å². The van der Waals surface area contributed by atoms with Gasteiger partial charge in [-0.05, 0) is 39.3 Å². The molecule has 1 amide bonds. The van der Waals surface area contributed by atoms with Crippen molar-refractivity contribution in [3.05, 3.63) is 36.0 Å². The predicted octanol–water partition coefficient (Wildman–Crippen LogP) is 3.75. The number of fused-ring (bicyclic) bond motifs is 1. The van der Waals surface area contributed by atoms with Crippen LogP contribution >= 0.6 is 0 Å². The SMILES string of the molecule is C[C@@H](NC(=O)OC(C)(C)C)c1c[nH]c2ccccc12. The van der Waals surface area contributed by atoms with Crippen molar-refractivity contribution >= 4 is 17.0 Å². The lowest BCUT2D eigenvalue weighted by atomic mass is 10.1. The number of carbonyl (C=O) groups excluding carboxylic acids is 1. The molecule has 1 atom stereocenters. The highest BCUT2D eigenvalue weighted by atomic mass is 16.6. The van der Waals surface area contributed by atoms with Crippen LogP contribution in [0.5, 0.6) is 0 Å². The third-order valence-corrected chi connectivity index (χ3v) is 2.82. The van der Waals surface area contributed by atoms with Gasteiger partial charge < -0.3 is 15.0 Å². The van der Waals surface area contributed by atoms with Crippen molar-refractivity contribution in [3.8, 4) is 0 Å². The molecule has 19 heavy (non-hydrogen) atoms. The summed E-state index contributed by atoms with van der Waals surface area (Å²) < 4.78 is 5.26. The van der Waals surface area contributed by atoms with Crippen molar-refractivity contribution in [2.24, 2.45) is 0 Å². The molecule has 2 rings (SSSR count). The van der Waals surface area contributed by atoms with E-state index in [4.69, 9.17) is 4.74 Å². The number of hydrogen-bond acceptors (Lipinski definition) is 2. The molecule has 0 aliphatic heterocycles. The minimum absolute atomic E-state index is 0.106. The van der Waals surface area contributed by atoms with Gasteiger partial charge in [-0.1, -0.05) is 18.2 Å². The fourth-order valence-electron chi connectivity index (χ4n) is 2.01. The number of carbonyl (C=O) groups is 1. The van der Waals surface area contributed by atoms with Crippen LogP contribution < -0.4 is 5.32 Å². The van der Waals surface area contributed by atoms with E-state index in [1.54, 1.807) is 0 Å². The highest BCUT2D eigenvalue weighted by molar-refractivity contribution is 5.84. The largest absolute Gasteiger partial charge is 0.444 e. The zero-order chi connectivity index (χ0) is 14.0. The van der Waals surface area contributed by atoms with Crippen LogP contribution in [0.4, 0.5) is 4.79 Å². The van der Waals surface area contributed by atoms with Crippen molar-refractivity contribution < 1.29 is 9.53 Å². The quantitative estimate of drug-likeness (QED) is 0.864. The predicted molar refractivity (Wildman–Crippen MR) is 76.1 cm³/mol. The van der Waals surface area contributed by atoms with Gasteiger partial charge in [-0.3, -0.25) is 0 Å². The molecule has 0 saturated heterocycles. The van der Waals surface area contributed by atoms with Gasteiger partial charge in [0.05, 0.1) is 6.04 Å². The zero-order valence-electron chi connectivity index (χ0n) is 11.8. The molecular weight excluding hydrogens is 240 g/mol. The first kappa shape index (κ1) is 13.5. The first-order valence-electron chi connectivity index (χ1n) is 6.42. The Morgan fingerprint density at radius 3 is 2.68 bits per heavy atom. The first-order valence-corrected chi connectivity index (χ1v) is 6.42. The van der Waals surface area contributed by atoms with Crippen molar-refractivity contribution in [2.45, 2.75) is 39.3 Å². The average molecular weight is 260 g/mol. The number of nitrogens with one attached hydrogen (secondary N) is 2. The van der Waals surface area contributed by atoms with Crippen molar-refractivity contribution in [1.82, 2.24) is 10.3 Å². The van der Waals surface area contributed by atoms with Crippen LogP contribution in [0.1, 0.15) is 39.3 Å². The topological polar surface area (TPSA) is 54.1 Å². The van der Waals surface area contributed by atoms with Gasteiger partial charge in [0.1, 0.15) is 5.60 Å². The summed E-state index contributed by atoms with van der Waals surface area (Å²) in [5.74, 6) is 0. The van der Waals surface area contributed by atoms with Gasteiger partial charge in [0.25, 0.3) is 0 Å². The van der Waals surface area contributed by atoms with E-state index in [1.165, 1.54) is 0 Å². The van der Waals surface area contributed by atoms with E-state index in [1.807, 2.05) is 58.2 Å². The molecule has 0 radical (unpaired) electrons. The molecule has 1 aromatic heterocycles. The van der Waals surface area contributed by atoms with Gasteiger partial charge in [-0.15, -0.1) is 0 Å². The first-order chi connectivity index (χ1) is 8.87. The second-order valence-electron chi connectivity index (χ2n) is 5.66. The second kappa shape index (κ2) is 4.96. The number of aromatic nitrogens is 1. The summed E-state index contributed by atoms with van der Waals surface area (Å²) in [6.45, 7) is 7.49. The summed E-state index contributed by atoms with van der Waals surface area (Å²) in [4.78, 5) is 15.0. The Kier molecular flexibility index (Phi) is 3.51. The number of rotatable bonds is 2. The van der Waals surface area contributed by atoms with Crippen LogP contribution in [-0.2, 0) is 4.74 Å². The minimum Gasteiger partial charge on any atom is -0.444 e. The van der Waals surface area contributed by atoms with Crippen molar-refractivity contribution in [1.29, 1.82) is 0 Å². The van der Waals surface area contributed by atoms with E-state index in [0.717, 1.165) is 16.5 Å². The maximum Gasteiger partial charge on any atom is 0.408 e. The smallest absolute Gasteiger partial charge is 0.408 e. The fourth-order valence-corrected chi connectivity index (χ4v) is 2.01. The van der Waals surface area contributed by atoms with E-state index in [0.29, 0.717) is 0 Å². The Morgan fingerprint density at radius 1 is 1.32 bits per heavy atom. The van der Waals surface area contributed by atoms with Gasteiger partial charge in [0.15, 0.2) is 0 Å². The lowest BCUT2D eigenvalue weighted by Gasteiger charge is -2.21.